The van der Waals surface area contributed by atoms with Crippen LogP contribution in [0.15, 0.2) is 0 Å². The molecular formula is C12H27N3O2S. The molecule has 1 aliphatic rings. The fraction of sp³-hybridized carbons (Fsp3) is 1.00. The molecule has 0 aromatic rings. The van der Waals surface area contributed by atoms with Crippen molar-refractivity contribution in [3.8, 4) is 0 Å². The molecule has 1 saturated carbocycles. The minimum atomic E-state index is -3.34. The zero-order chi connectivity index (χ0) is 13.6. The lowest BCUT2D eigenvalue weighted by Crippen LogP contribution is -2.47. The fourth-order valence-corrected chi connectivity index (χ4v) is 3.69. The Morgan fingerprint density at radius 1 is 1.11 bits per heavy atom. The van der Waals surface area contributed by atoms with Crippen LogP contribution < -0.4 is 14.8 Å². The highest BCUT2D eigenvalue weighted by Gasteiger charge is 2.24. The first-order valence-electron chi connectivity index (χ1n) is 6.96. The average Bonchev–Trinajstić information content (AvgIpc) is 2.26. The van der Waals surface area contributed by atoms with Crippen LogP contribution in [0.5, 0.6) is 0 Å². The van der Waals surface area contributed by atoms with Gasteiger partial charge in [-0.3, -0.25) is 0 Å². The van der Waals surface area contributed by atoms with Crippen LogP contribution in [0.2, 0.25) is 0 Å². The SMILES string of the molecule is CCCNC1CCC(NS(=O)(=O)NC(C)C)CC1. The molecule has 0 aromatic heterocycles. The zero-order valence-electron chi connectivity index (χ0n) is 11.7. The van der Waals surface area contributed by atoms with E-state index in [-0.39, 0.29) is 12.1 Å². The summed E-state index contributed by atoms with van der Waals surface area (Å²) in [6, 6.07) is 0.578. The van der Waals surface area contributed by atoms with E-state index in [1.54, 1.807) is 0 Å². The second-order valence-corrected chi connectivity index (χ2v) is 6.87. The quantitative estimate of drug-likeness (QED) is 0.653. The van der Waals surface area contributed by atoms with Crippen molar-refractivity contribution < 1.29 is 8.42 Å². The van der Waals surface area contributed by atoms with E-state index < -0.39 is 10.2 Å². The molecular weight excluding hydrogens is 250 g/mol. The van der Waals surface area contributed by atoms with E-state index in [9.17, 15) is 8.42 Å². The van der Waals surface area contributed by atoms with Crippen LogP contribution in [0, 0.1) is 0 Å². The van der Waals surface area contributed by atoms with E-state index in [1.807, 2.05) is 13.8 Å². The second kappa shape index (κ2) is 7.43. The third-order valence-electron chi connectivity index (χ3n) is 3.12. The summed E-state index contributed by atoms with van der Waals surface area (Å²) in [5.41, 5.74) is 0. The Labute approximate surface area is 111 Å². The topological polar surface area (TPSA) is 70.2 Å². The number of hydrogen-bond acceptors (Lipinski definition) is 3. The lowest BCUT2D eigenvalue weighted by Gasteiger charge is -2.29. The van der Waals surface area contributed by atoms with Crippen LogP contribution in [-0.2, 0) is 10.2 Å². The van der Waals surface area contributed by atoms with Gasteiger partial charge in [0.1, 0.15) is 0 Å². The predicted molar refractivity (Wildman–Crippen MR) is 74.7 cm³/mol. The van der Waals surface area contributed by atoms with Gasteiger partial charge in [0, 0.05) is 18.1 Å². The first-order chi connectivity index (χ1) is 8.43. The monoisotopic (exact) mass is 277 g/mol. The van der Waals surface area contributed by atoms with E-state index in [0.717, 1.165) is 38.6 Å². The Morgan fingerprint density at radius 3 is 2.17 bits per heavy atom. The summed E-state index contributed by atoms with van der Waals surface area (Å²) in [6.45, 7) is 6.86. The summed E-state index contributed by atoms with van der Waals surface area (Å²) >= 11 is 0. The highest BCUT2D eigenvalue weighted by Crippen LogP contribution is 2.19. The number of rotatable bonds is 7. The number of nitrogens with one attached hydrogen (secondary N) is 3. The van der Waals surface area contributed by atoms with Crippen molar-refractivity contribution in [2.45, 2.75) is 71.0 Å². The maximum Gasteiger partial charge on any atom is 0.277 e. The zero-order valence-corrected chi connectivity index (χ0v) is 12.5. The largest absolute Gasteiger partial charge is 0.314 e. The molecule has 0 unspecified atom stereocenters. The van der Waals surface area contributed by atoms with Gasteiger partial charge in [0.2, 0.25) is 0 Å². The molecule has 0 aromatic carbocycles. The van der Waals surface area contributed by atoms with Crippen molar-refractivity contribution in [1.29, 1.82) is 0 Å². The third-order valence-corrected chi connectivity index (χ3v) is 4.55. The molecule has 6 heteroatoms. The van der Waals surface area contributed by atoms with E-state index in [0.29, 0.717) is 6.04 Å². The van der Waals surface area contributed by atoms with Gasteiger partial charge in [-0.1, -0.05) is 6.92 Å². The van der Waals surface area contributed by atoms with Crippen molar-refractivity contribution in [3.63, 3.8) is 0 Å². The van der Waals surface area contributed by atoms with Gasteiger partial charge >= 0.3 is 0 Å². The Kier molecular flexibility index (Phi) is 6.55. The molecule has 5 nitrogen and oxygen atoms in total. The Morgan fingerprint density at radius 2 is 1.67 bits per heavy atom. The molecule has 3 N–H and O–H groups in total. The van der Waals surface area contributed by atoms with Crippen LogP contribution in [0.25, 0.3) is 0 Å². The molecule has 108 valence electrons. The maximum atomic E-state index is 11.7. The summed E-state index contributed by atoms with van der Waals surface area (Å²) in [5.74, 6) is 0. The van der Waals surface area contributed by atoms with E-state index in [2.05, 4.69) is 21.7 Å². The van der Waals surface area contributed by atoms with Crippen LogP contribution in [0.1, 0.15) is 52.9 Å². The molecule has 1 rings (SSSR count). The van der Waals surface area contributed by atoms with Gasteiger partial charge in [-0.25, -0.2) is 0 Å². The van der Waals surface area contributed by atoms with Crippen LogP contribution >= 0.6 is 0 Å². The molecule has 0 amide bonds. The van der Waals surface area contributed by atoms with Crippen molar-refractivity contribution in [2.75, 3.05) is 6.54 Å². The van der Waals surface area contributed by atoms with Gasteiger partial charge in [-0.2, -0.15) is 17.9 Å². The lowest BCUT2D eigenvalue weighted by molar-refractivity contribution is 0.329. The molecule has 1 fully saturated rings. The molecule has 0 aliphatic heterocycles. The Bertz CT molecular complexity index is 322. The molecule has 18 heavy (non-hydrogen) atoms. The molecule has 0 saturated heterocycles. The van der Waals surface area contributed by atoms with Gasteiger partial charge in [0.25, 0.3) is 10.2 Å². The summed E-state index contributed by atoms with van der Waals surface area (Å²) in [5, 5.41) is 3.49. The van der Waals surface area contributed by atoms with Crippen LogP contribution in [-0.4, -0.2) is 33.1 Å². The molecule has 1 aliphatic carbocycles. The standard InChI is InChI=1S/C12H27N3O2S/c1-4-9-13-11-5-7-12(8-6-11)15-18(16,17)14-10(2)3/h10-15H,4-9H2,1-3H3. The first kappa shape index (κ1) is 15.9. The molecule has 0 atom stereocenters. The third kappa shape index (κ3) is 6.13. The van der Waals surface area contributed by atoms with Crippen molar-refractivity contribution in [1.82, 2.24) is 14.8 Å². The molecule has 0 radical (unpaired) electrons. The van der Waals surface area contributed by atoms with Crippen molar-refractivity contribution in [3.05, 3.63) is 0 Å². The summed E-state index contributed by atoms with van der Waals surface area (Å²) in [7, 11) is -3.34. The molecule has 0 heterocycles. The Hall–Kier alpha value is -0.170. The lowest BCUT2D eigenvalue weighted by atomic mass is 9.92. The minimum Gasteiger partial charge on any atom is -0.314 e. The van der Waals surface area contributed by atoms with E-state index in [4.69, 9.17) is 0 Å². The first-order valence-corrected chi connectivity index (χ1v) is 8.44. The highest BCUT2D eigenvalue weighted by atomic mass is 32.2. The second-order valence-electron chi connectivity index (χ2n) is 5.40. The van der Waals surface area contributed by atoms with Gasteiger partial charge < -0.3 is 5.32 Å². The maximum absolute atomic E-state index is 11.7. The fourth-order valence-electron chi connectivity index (χ4n) is 2.33. The Balaban J connectivity index is 2.31. The van der Waals surface area contributed by atoms with Gasteiger partial charge in [-0.05, 0) is 52.5 Å². The average molecular weight is 277 g/mol. The van der Waals surface area contributed by atoms with Gasteiger partial charge in [-0.15, -0.1) is 0 Å². The van der Waals surface area contributed by atoms with E-state index >= 15 is 0 Å². The van der Waals surface area contributed by atoms with Crippen LogP contribution in [0.3, 0.4) is 0 Å². The van der Waals surface area contributed by atoms with Crippen LogP contribution in [0.4, 0.5) is 0 Å². The normalized spacial score (nSPS) is 25.6. The summed E-state index contributed by atoms with van der Waals surface area (Å²) in [6.07, 6.45) is 5.08. The van der Waals surface area contributed by atoms with Crippen molar-refractivity contribution >= 4 is 10.2 Å². The van der Waals surface area contributed by atoms with Crippen molar-refractivity contribution in [2.24, 2.45) is 0 Å². The van der Waals surface area contributed by atoms with E-state index in [1.165, 1.54) is 0 Å². The summed E-state index contributed by atoms with van der Waals surface area (Å²) < 4.78 is 28.7. The molecule has 0 spiro atoms. The molecule has 0 bridgehead atoms. The van der Waals surface area contributed by atoms with Gasteiger partial charge in [0.05, 0.1) is 0 Å². The summed E-state index contributed by atoms with van der Waals surface area (Å²) in [4.78, 5) is 0. The highest BCUT2D eigenvalue weighted by molar-refractivity contribution is 7.87. The van der Waals surface area contributed by atoms with Gasteiger partial charge in [0.15, 0.2) is 0 Å². The smallest absolute Gasteiger partial charge is 0.277 e. The predicted octanol–water partition coefficient (Wildman–Crippen LogP) is 1.13. The number of hydrogen-bond donors (Lipinski definition) is 3. The minimum absolute atomic E-state index is 0.0648.